The normalized spacial score (nSPS) is 11.4. The molecule has 96 valence electrons. The van der Waals surface area contributed by atoms with E-state index in [9.17, 15) is 9.59 Å². The van der Waals surface area contributed by atoms with E-state index in [1.54, 1.807) is 48.5 Å². The molecular formula is C16H8O4. The fraction of sp³-hybridized carbons (Fsp3) is 0. The topological polar surface area (TPSA) is 60.4 Å². The lowest BCUT2D eigenvalue weighted by Crippen LogP contribution is -2.08. The maximum atomic E-state index is 12.2. The van der Waals surface area contributed by atoms with Crippen LogP contribution in [-0.4, -0.2) is 0 Å². The minimum absolute atomic E-state index is 0.274. The Bertz CT molecular complexity index is 997. The Morgan fingerprint density at radius 1 is 0.600 bits per heavy atom. The molecule has 0 unspecified atom stereocenters. The molecule has 0 aliphatic heterocycles. The molecule has 2 heterocycles. The monoisotopic (exact) mass is 264 g/mol. The first-order valence-corrected chi connectivity index (χ1v) is 6.13. The van der Waals surface area contributed by atoms with E-state index >= 15 is 0 Å². The molecule has 0 aliphatic carbocycles. The summed E-state index contributed by atoms with van der Waals surface area (Å²) in [6.45, 7) is 0. The maximum absolute atomic E-state index is 12.2. The van der Waals surface area contributed by atoms with Crippen molar-refractivity contribution in [2.24, 2.45) is 0 Å². The fourth-order valence-corrected chi connectivity index (χ4v) is 2.52. The van der Waals surface area contributed by atoms with Crippen molar-refractivity contribution in [3.05, 3.63) is 69.4 Å². The molecule has 0 spiro atoms. The molecule has 0 radical (unpaired) electrons. The third-order valence-electron chi connectivity index (χ3n) is 3.38. The molecule has 2 aromatic heterocycles. The van der Waals surface area contributed by atoms with Crippen molar-refractivity contribution in [1.29, 1.82) is 0 Å². The fourth-order valence-electron chi connectivity index (χ4n) is 2.52. The first kappa shape index (κ1) is 11.0. The Balaban J connectivity index is 2.48. The van der Waals surface area contributed by atoms with Crippen molar-refractivity contribution in [3.63, 3.8) is 0 Å². The van der Waals surface area contributed by atoms with Gasteiger partial charge in [0.25, 0.3) is 0 Å². The minimum atomic E-state index is -0.525. The molecule has 0 bridgehead atoms. The van der Waals surface area contributed by atoms with E-state index in [0.29, 0.717) is 21.9 Å². The van der Waals surface area contributed by atoms with E-state index in [2.05, 4.69) is 0 Å². The second-order valence-corrected chi connectivity index (χ2v) is 4.52. The van der Waals surface area contributed by atoms with E-state index in [1.165, 1.54) is 0 Å². The van der Waals surface area contributed by atoms with Crippen LogP contribution in [0, 0.1) is 0 Å². The van der Waals surface area contributed by atoms with Crippen molar-refractivity contribution >= 4 is 32.7 Å². The van der Waals surface area contributed by atoms with Crippen LogP contribution in [0.4, 0.5) is 0 Å². The zero-order valence-electron chi connectivity index (χ0n) is 10.3. The highest BCUT2D eigenvalue weighted by Gasteiger charge is 2.15. The maximum Gasteiger partial charge on any atom is 0.345 e. The van der Waals surface area contributed by atoms with Gasteiger partial charge in [-0.05, 0) is 12.1 Å². The Kier molecular flexibility index (Phi) is 2.09. The van der Waals surface area contributed by atoms with Gasteiger partial charge in [-0.15, -0.1) is 0 Å². The number of fused-ring (bicyclic) bond motifs is 5. The van der Waals surface area contributed by atoms with Gasteiger partial charge in [0, 0.05) is 10.8 Å². The third kappa shape index (κ3) is 1.36. The summed E-state index contributed by atoms with van der Waals surface area (Å²) in [5.41, 5.74) is -0.286. The van der Waals surface area contributed by atoms with Gasteiger partial charge in [0.1, 0.15) is 11.2 Å². The van der Waals surface area contributed by atoms with Gasteiger partial charge in [0.05, 0.1) is 10.8 Å². The molecule has 0 amide bonds. The van der Waals surface area contributed by atoms with Crippen molar-refractivity contribution in [3.8, 4) is 0 Å². The highest BCUT2D eigenvalue weighted by atomic mass is 16.4. The van der Waals surface area contributed by atoms with Crippen molar-refractivity contribution < 1.29 is 8.83 Å². The molecule has 4 nitrogen and oxygen atoms in total. The first-order chi connectivity index (χ1) is 9.75. The third-order valence-corrected chi connectivity index (χ3v) is 3.38. The molecular weight excluding hydrogens is 256 g/mol. The van der Waals surface area contributed by atoms with E-state index in [4.69, 9.17) is 8.83 Å². The second kappa shape index (κ2) is 3.81. The van der Waals surface area contributed by atoms with Gasteiger partial charge in [0.2, 0.25) is 0 Å². The summed E-state index contributed by atoms with van der Waals surface area (Å²) >= 11 is 0. The van der Waals surface area contributed by atoms with Gasteiger partial charge < -0.3 is 8.83 Å². The zero-order valence-corrected chi connectivity index (χ0v) is 10.3. The van der Waals surface area contributed by atoms with Crippen LogP contribution in [0.2, 0.25) is 0 Å². The van der Waals surface area contributed by atoms with Crippen molar-refractivity contribution in [1.82, 2.24) is 0 Å². The van der Waals surface area contributed by atoms with Crippen LogP contribution < -0.4 is 11.3 Å². The smallest absolute Gasteiger partial charge is 0.345 e. The molecule has 0 fully saturated rings. The zero-order chi connectivity index (χ0) is 13.7. The predicted octanol–water partition coefficient (Wildman–Crippen LogP) is 3.05. The van der Waals surface area contributed by atoms with Crippen LogP contribution in [0.25, 0.3) is 32.7 Å². The summed E-state index contributed by atoms with van der Waals surface area (Å²) < 4.78 is 10.6. The van der Waals surface area contributed by atoms with Crippen LogP contribution in [-0.2, 0) is 0 Å². The van der Waals surface area contributed by atoms with E-state index in [1.807, 2.05) is 0 Å². The largest absolute Gasteiger partial charge is 0.422 e. The standard InChI is InChI=1S/C16H8O4/c17-15-13-9-5-1-3-7-11(9)19-16(18)14(13)10-6-2-4-8-12(10)20-15/h1-8H. The van der Waals surface area contributed by atoms with Crippen LogP contribution in [0.5, 0.6) is 0 Å². The summed E-state index contributed by atoms with van der Waals surface area (Å²) in [5.74, 6) is 0. The molecule has 0 saturated carbocycles. The SMILES string of the molecule is O=c1oc2ccccc2c2c(=O)oc3ccccc3c12. The molecule has 4 aromatic rings. The van der Waals surface area contributed by atoms with Crippen molar-refractivity contribution in [2.75, 3.05) is 0 Å². The molecule has 4 rings (SSSR count). The van der Waals surface area contributed by atoms with Gasteiger partial charge >= 0.3 is 11.3 Å². The first-order valence-electron chi connectivity index (χ1n) is 6.13. The van der Waals surface area contributed by atoms with Crippen LogP contribution in [0.1, 0.15) is 0 Å². The number of hydrogen-bond acceptors (Lipinski definition) is 4. The van der Waals surface area contributed by atoms with Crippen LogP contribution >= 0.6 is 0 Å². The summed E-state index contributed by atoms with van der Waals surface area (Å²) in [5, 5.41) is 1.72. The lowest BCUT2D eigenvalue weighted by Gasteiger charge is -2.03. The van der Waals surface area contributed by atoms with E-state index in [0.717, 1.165) is 0 Å². The molecule has 0 aliphatic rings. The lowest BCUT2D eigenvalue weighted by atomic mass is 10.1. The molecule has 0 saturated heterocycles. The molecule has 0 N–H and O–H groups in total. The summed E-state index contributed by atoms with van der Waals surface area (Å²) in [4.78, 5) is 24.4. The molecule has 20 heavy (non-hydrogen) atoms. The Labute approximate surface area is 111 Å². The van der Waals surface area contributed by atoms with Gasteiger partial charge in [-0.2, -0.15) is 0 Å². The van der Waals surface area contributed by atoms with Crippen LogP contribution in [0.3, 0.4) is 0 Å². The molecule has 4 heteroatoms. The van der Waals surface area contributed by atoms with Crippen molar-refractivity contribution in [2.45, 2.75) is 0 Å². The predicted molar refractivity (Wildman–Crippen MR) is 76.0 cm³/mol. The van der Waals surface area contributed by atoms with Crippen LogP contribution in [0.15, 0.2) is 67.0 Å². The minimum Gasteiger partial charge on any atom is -0.422 e. The second-order valence-electron chi connectivity index (χ2n) is 4.52. The quantitative estimate of drug-likeness (QED) is 0.362. The highest BCUT2D eigenvalue weighted by molar-refractivity contribution is 6.12. The number of rotatable bonds is 0. The van der Waals surface area contributed by atoms with Gasteiger partial charge in [0.15, 0.2) is 0 Å². The summed E-state index contributed by atoms with van der Waals surface area (Å²) in [7, 11) is 0. The average molecular weight is 264 g/mol. The average Bonchev–Trinajstić information content (AvgIpc) is 2.47. The van der Waals surface area contributed by atoms with E-state index < -0.39 is 11.3 Å². The highest BCUT2D eigenvalue weighted by Crippen LogP contribution is 2.25. The Morgan fingerprint density at radius 3 is 1.45 bits per heavy atom. The van der Waals surface area contributed by atoms with Gasteiger partial charge in [-0.1, -0.05) is 36.4 Å². The Hall–Kier alpha value is -2.88. The number of hydrogen-bond donors (Lipinski definition) is 0. The summed E-state index contributed by atoms with van der Waals surface area (Å²) in [6, 6.07) is 13.9. The number of para-hydroxylation sites is 2. The van der Waals surface area contributed by atoms with E-state index in [-0.39, 0.29) is 10.8 Å². The molecule has 0 atom stereocenters. The van der Waals surface area contributed by atoms with Gasteiger partial charge in [-0.3, -0.25) is 0 Å². The van der Waals surface area contributed by atoms with Gasteiger partial charge in [-0.25, -0.2) is 9.59 Å². The summed E-state index contributed by atoms with van der Waals surface area (Å²) in [6.07, 6.45) is 0. The Morgan fingerprint density at radius 2 is 1.00 bits per heavy atom. The molecule has 2 aromatic carbocycles. The lowest BCUT2D eigenvalue weighted by molar-refractivity contribution is 0.558. The number of benzene rings is 2.